The van der Waals surface area contributed by atoms with Gasteiger partial charge in [-0.25, -0.2) is 4.39 Å². The van der Waals surface area contributed by atoms with Crippen LogP contribution in [-0.4, -0.2) is 35.1 Å². The van der Waals surface area contributed by atoms with E-state index in [1.807, 2.05) is 14.0 Å². The van der Waals surface area contributed by atoms with Crippen LogP contribution in [0, 0.1) is 17.7 Å². The van der Waals surface area contributed by atoms with Crippen molar-refractivity contribution in [3.05, 3.63) is 29.8 Å². The van der Waals surface area contributed by atoms with Crippen molar-refractivity contribution in [2.45, 2.75) is 26.9 Å². The van der Waals surface area contributed by atoms with E-state index in [2.05, 4.69) is 23.7 Å². The first-order valence-corrected chi connectivity index (χ1v) is 6.38. The van der Waals surface area contributed by atoms with Gasteiger partial charge in [-0.05, 0) is 25.1 Å². The van der Waals surface area contributed by atoms with E-state index in [9.17, 15) is 9.50 Å². The van der Waals surface area contributed by atoms with Crippen molar-refractivity contribution in [1.82, 2.24) is 9.88 Å². The van der Waals surface area contributed by atoms with Gasteiger partial charge in [-0.1, -0.05) is 20.8 Å². The van der Waals surface area contributed by atoms with Gasteiger partial charge < -0.3 is 10.0 Å². The molecule has 3 nitrogen and oxygen atoms in total. The zero-order valence-corrected chi connectivity index (χ0v) is 11.6. The molecular formula is C14H23FN2O. The molecule has 1 aromatic rings. The highest BCUT2D eigenvalue weighted by Crippen LogP contribution is 2.20. The van der Waals surface area contributed by atoms with Gasteiger partial charge in [-0.15, -0.1) is 0 Å². The molecule has 1 N–H and O–H groups in total. The Kier molecular flexibility index (Phi) is 5.69. The first-order chi connectivity index (χ1) is 8.40. The second-order valence-electron chi connectivity index (χ2n) is 5.44. The van der Waals surface area contributed by atoms with Crippen molar-refractivity contribution in [2.24, 2.45) is 11.8 Å². The molecule has 0 spiro atoms. The van der Waals surface area contributed by atoms with Gasteiger partial charge in [0.25, 0.3) is 0 Å². The van der Waals surface area contributed by atoms with Gasteiger partial charge in [0, 0.05) is 19.0 Å². The molecule has 0 amide bonds. The summed E-state index contributed by atoms with van der Waals surface area (Å²) < 4.78 is 12.8. The summed E-state index contributed by atoms with van der Waals surface area (Å²) in [6.07, 6.45) is 0.489. The smallest absolute Gasteiger partial charge is 0.141 e. The molecule has 4 heteroatoms. The lowest BCUT2D eigenvalue weighted by Crippen LogP contribution is -2.30. The number of rotatable bonds is 6. The number of hydrogen-bond acceptors (Lipinski definition) is 3. The predicted octanol–water partition coefficient (Wildman–Crippen LogP) is 2.48. The third kappa shape index (κ3) is 4.70. The van der Waals surface area contributed by atoms with Crippen LogP contribution in [0.25, 0.3) is 0 Å². The molecule has 0 saturated heterocycles. The van der Waals surface area contributed by atoms with E-state index in [1.54, 1.807) is 6.07 Å². The normalized spacial score (nSPS) is 15.1. The summed E-state index contributed by atoms with van der Waals surface area (Å²) in [7, 11) is 2.04. The molecule has 0 radical (unpaired) electrons. The highest BCUT2D eigenvalue weighted by Gasteiger charge is 2.19. The summed E-state index contributed by atoms with van der Waals surface area (Å²) in [5.41, 5.74) is 0.529. The largest absolute Gasteiger partial charge is 0.386 e. The van der Waals surface area contributed by atoms with E-state index >= 15 is 0 Å². The molecule has 0 aromatic carbocycles. The zero-order chi connectivity index (χ0) is 13.7. The van der Waals surface area contributed by atoms with Gasteiger partial charge in [-0.2, -0.15) is 0 Å². The van der Waals surface area contributed by atoms with E-state index in [1.165, 1.54) is 6.07 Å². The molecule has 102 valence electrons. The average Bonchev–Trinajstić information content (AvgIpc) is 2.27. The lowest BCUT2D eigenvalue weighted by molar-refractivity contribution is 0.0886. The van der Waals surface area contributed by atoms with Gasteiger partial charge in [0.15, 0.2) is 0 Å². The number of aromatic nitrogens is 1. The molecule has 2 unspecified atom stereocenters. The first kappa shape index (κ1) is 15.1. The van der Waals surface area contributed by atoms with Crippen molar-refractivity contribution >= 4 is 0 Å². The summed E-state index contributed by atoms with van der Waals surface area (Å²) in [6, 6.07) is 2.87. The molecular weight excluding hydrogens is 231 g/mol. The quantitative estimate of drug-likeness (QED) is 0.847. The number of hydrogen-bond donors (Lipinski definition) is 1. The number of aliphatic hydroxyl groups excluding tert-OH is 1. The molecule has 0 aliphatic heterocycles. The fourth-order valence-electron chi connectivity index (χ4n) is 2.14. The van der Waals surface area contributed by atoms with Gasteiger partial charge >= 0.3 is 0 Å². The molecule has 0 bridgehead atoms. The molecule has 2 atom stereocenters. The summed E-state index contributed by atoms with van der Waals surface area (Å²) in [5.74, 6) is 0.283. The SMILES string of the molecule is CC(C)CN(C)CC(C)C(O)c1ccc(F)cn1. The Hall–Kier alpha value is -1.00. The summed E-state index contributed by atoms with van der Waals surface area (Å²) in [5, 5.41) is 10.2. The van der Waals surface area contributed by atoms with E-state index in [0.717, 1.165) is 19.3 Å². The molecule has 0 aliphatic carbocycles. The Labute approximate surface area is 109 Å². The summed E-state index contributed by atoms with van der Waals surface area (Å²) in [6.45, 7) is 8.09. The summed E-state index contributed by atoms with van der Waals surface area (Å²) >= 11 is 0. The van der Waals surface area contributed by atoms with Crippen molar-refractivity contribution in [1.29, 1.82) is 0 Å². The van der Waals surface area contributed by atoms with E-state index in [-0.39, 0.29) is 11.7 Å². The standard InChI is InChI=1S/C14H23FN2O/c1-10(2)8-17(4)9-11(3)14(18)13-6-5-12(15)7-16-13/h5-7,10-11,14,18H,8-9H2,1-4H3. The Morgan fingerprint density at radius 3 is 2.44 bits per heavy atom. The molecule has 0 aliphatic rings. The number of pyridine rings is 1. The molecule has 0 fully saturated rings. The van der Waals surface area contributed by atoms with E-state index in [0.29, 0.717) is 11.6 Å². The lowest BCUT2D eigenvalue weighted by Gasteiger charge is -2.25. The van der Waals surface area contributed by atoms with Crippen molar-refractivity contribution in [2.75, 3.05) is 20.1 Å². The number of nitrogens with zero attached hydrogens (tertiary/aromatic N) is 2. The maximum atomic E-state index is 12.8. The minimum atomic E-state index is -0.653. The third-order valence-electron chi connectivity index (χ3n) is 2.87. The predicted molar refractivity (Wildman–Crippen MR) is 70.7 cm³/mol. The Morgan fingerprint density at radius 2 is 1.94 bits per heavy atom. The van der Waals surface area contributed by atoms with Crippen molar-refractivity contribution < 1.29 is 9.50 Å². The lowest BCUT2D eigenvalue weighted by atomic mass is 10.0. The van der Waals surface area contributed by atoms with Crippen LogP contribution in [0.4, 0.5) is 4.39 Å². The van der Waals surface area contributed by atoms with Gasteiger partial charge in [0.1, 0.15) is 5.82 Å². The Morgan fingerprint density at radius 1 is 1.28 bits per heavy atom. The van der Waals surface area contributed by atoms with E-state index < -0.39 is 6.10 Å². The molecule has 1 aromatic heterocycles. The van der Waals surface area contributed by atoms with E-state index in [4.69, 9.17) is 0 Å². The summed E-state index contributed by atoms with van der Waals surface area (Å²) in [4.78, 5) is 6.12. The molecule has 18 heavy (non-hydrogen) atoms. The third-order valence-corrected chi connectivity index (χ3v) is 2.87. The fourth-order valence-corrected chi connectivity index (χ4v) is 2.14. The second-order valence-corrected chi connectivity index (χ2v) is 5.44. The van der Waals surface area contributed by atoms with Crippen LogP contribution in [0.15, 0.2) is 18.3 Å². The highest BCUT2D eigenvalue weighted by atomic mass is 19.1. The number of aliphatic hydroxyl groups is 1. The van der Waals surface area contributed by atoms with Crippen LogP contribution in [0.5, 0.6) is 0 Å². The van der Waals surface area contributed by atoms with Crippen LogP contribution in [0.3, 0.4) is 0 Å². The van der Waals surface area contributed by atoms with Crippen LogP contribution in [0.1, 0.15) is 32.6 Å². The maximum absolute atomic E-state index is 12.8. The molecule has 0 saturated carbocycles. The maximum Gasteiger partial charge on any atom is 0.141 e. The second kappa shape index (κ2) is 6.81. The van der Waals surface area contributed by atoms with Crippen LogP contribution in [0.2, 0.25) is 0 Å². The van der Waals surface area contributed by atoms with Crippen molar-refractivity contribution in [3.8, 4) is 0 Å². The first-order valence-electron chi connectivity index (χ1n) is 6.38. The van der Waals surface area contributed by atoms with Gasteiger partial charge in [0.2, 0.25) is 0 Å². The minimum absolute atomic E-state index is 0.0618. The zero-order valence-electron chi connectivity index (χ0n) is 11.6. The minimum Gasteiger partial charge on any atom is -0.386 e. The van der Waals surface area contributed by atoms with Gasteiger partial charge in [-0.3, -0.25) is 4.98 Å². The topological polar surface area (TPSA) is 36.4 Å². The monoisotopic (exact) mass is 254 g/mol. The molecule has 1 heterocycles. The van der Waals surface area contributed by atoms with Gasteiger partial charge in [0.05, 0.1) is 18.0 Å². The van der Waals surface area contributed by atoms with Crippen LogP contribution in [-0.2, 0) is 0 Å². The fraction of sp³-hybridized carbons (Fsp3) is 0.643. The highest BCUT2D eigenvalue weighted by molar-refractivity contribution is 5.08. The van der Waals surface area contributed by atoms with Crippen molar-refractivity contribution in [3.63, 3.8) is 0 Å². The molecule has 1 rings (SSSR count). The number of halogens is 1. The van der Waals surface area contributed by atoms with Crippen LogP contribution < -0.4 is 0 Å². The average molecular weight is 254 g/mol. The Balaban J connectivity index is 2.55. The van der Waals surface area contributed by atoms with Crippen LogP contribution >= 0.6 is 0 Å². The Bertz CT molecular complexity index is 353.